The molecule has 0 bridgehead atoms. The SMILES string of the molecule is CC(=O)c1ccc(N2CCN(C(=O)CSC3=NC(=Cc4ccccc4C)C(=O)N3c3ccccc3)CC2)cc1. The highest BCUT2D eigenvalue weighted by atomic mass is 32.2. The molecule has 2 heterocycles. The second kappa shape index (κ2) is 11.7. The highest BCUT2D eigenvalue weighted by molar-refractivity contribution is 8.14. The van der Waals surface area contributed by atoms with E-state index in [4.69, 9.17) is 0 Å². The number of ketones is 1. The van der Waals surface area contributed by atoms with Crippen molar-refractivity contribution >= 4 is 52.0 Å². The molecule has 8 heteroatoms. The number of amides is 2. The molecule has 0 aromatic heterocycles. The molecule has 0 spiro atoms. The van der Waals surface area contributed by atoms with Gasteiger partial charge in [-0.05, 0) is 67.4 Å². The van der Waals surface area contributed by atoms with Gasteiger partial charge < -0.3 is 9.80 Å². The summed E-state index contributed by atoms with van der Waals surface area (Å²) in [7, 11) is 0. The van der Waals surface area contributed by atoms with E-state index in [1.165, 1.54) is 11.8 Å². The fourth-order valence-electron chi connectivity index (χ4n) is 4.63. The van der Waals surface area contributed by atoms with Crippen LogP contribution in [0.25, 0.3) is 6.08 Å². The van der Waals surface area contributed by atoms with Crippen LogP contribution in [-0.4, -0.2) is 59.6 Å². The van der Waals surface area contributed by atoms with Gasteiger partial charge in [-0.2, -0.15) is 0 Å². The molecule has 198 valence electrons. The standard InChI is InChI=1S/C31H30N4O3S/c1-22-8-6-7-9-25(22)20-28-30(38)35(27-10-4-3-5-11-27)31(32-28)39-21-29(37)34-18-16-33(17-19-34)26-14-12-24(13-15-26)23(2)36/h3-15,20H,16-19,21H2,1-2H3. The van der Waals surface area contributed by atoms with Crippen LogP contribution in [-0.2, 0) is 9.59 Å². The molecule has 5 rings (SSSR count). The molecular weight excluding hydrogens is 508 g/mol. The average Bonchev–Trinajstić information content (AvgIpc) is 3.28. The number of benzene rings is 3. The summed E-state index contributed by atoms with van der Waals surface area (Å²) >= 11 is 1.29. The van der Waals surface area contributed by atoms with Gasteiger partial charge >= 0.3 is 0 Å². The number of carbonyl (C=O) groups excluding carboxylic acids is 3. The van der Waals surface area contributed by atoms with Crippen LogP contribution in [0, 0.1) is 6.92 Å². The number of piperazine rings is 1. The van der Waals surface area contributed by atoms with Crippen molar-refractivity contribution in [3.63, 3.8) is 0 Å². The fraction of sp³-hybridized carbons (Fsp3) is 0.226. The van der Waals surface area contributed by atoms with Gasteiger partial charge in [-0.25, -0.2) is 4.99 Å². The Bertz CT molecular complexity index is 1440. The number of hydrogen-bond donors (Lipinski definition) is 0. The van der Waals surface area contributed by atoms with E-state index in [1.54, 1.807) is 11.8 Å². The van der Waals surface area contributed by atoms with Crippen LogP contribution in [0.15, 0.2) is 89.6 Å². The molecule has 3 aromatic carbocycles. The van der Waals surface area contributed by atoms with Gasteiger partial charge in [-0.15, -0.1) is 0 Å². The molecule has 2 aliphatic heterocycles. The largest absolute Gasteiger partial charge is 0.368 e. The molecule has 0 radical (unpaired) electrons. The predicted octanol–water partition coefficient (Wildman–Crippen LogP) is 5.02. The maximum absolute atomic E-state index is 13.4. The van der Waals surface area contributed by atoms with Crippen LogP contribution < -0.4 is 9.80 Å². The van der Waals surface area contributed by atoms with Crippen LogP contribution in [0.1, 0.15) is 28.4 Å². The zero-order valence-electron chi connectivity index (χ0n) is 22.0. The number of anilines is 2. The number of rotatable bonds is 6. The van der Waals surface area contributed by atoms with Crippen molar-refractivity contribution in [3.8, 4) is 0 Å². The van der Waals surface area contributed by atoms with Gasteiger partial charge in [0.15, 0.2) is 11.0 Å². The Morgan fingerprint density at radius 1 is 0.872 bits per heavy atom. The zero-order valence-corrected chi connectivity index (χ0v) is 22.9. The van der Waals surface area contributed by atoms with Gasteiger partial charge in [0.25, 0.3) is 5.91 Å². The molecule has 0 aliphatic carbocycles. The number of carbonyl (C=O) groups is 3. The molecular formula is C31H30N4O3S. The lowest BCUT2D eigenvalue weighted by Crippen LogP contribution is -2.49. The minimum absolute atomic E-state index is 0.0195. The minimum atomic E-state index is -0.205. The molecule has 0 saturated carbocycles. The molecule has 0 N–H and O–H groups in total. The molecule has 2 amide bonds. The quantitative estimate of drug-likeness (QED) is 0.325. The molecule has 0 atom stereocenters. The molecule has 0 unspecified atom stereocenters. The second-order valence-electron chi connectivity index (χ2n) is 9.52. The lowest BCUT2D eigenvalue weighted by Gasteiger charge is -2.36. The van der Waals surface area contributed by atoms with Gasteiger partial charge in [-0.3, -0.25) is 19.3 Å². The van der Waals surface area contributed by atoms with E-state index in [0.717, 1.165) is 22.5 Å². The summed E-state index contributed by atoms with van der Waals surface area (Å²) in [5, 5.41) is 0.503. The van der Waals surface area contributed by atoms with Crippen molar-refractivity contribution in [2.45, 2.75) is 13.8 Å². The molecule has 1 saturated heterocycles. The lowest BCUT2D eigenvalue weighted by molar-refractivity contribution is -0.128. The van der Waals surface area contributed by atoms with Gasteiger partial charge in [0.1, 0.15) is 5.70 Å². The van der Waals surface area contributed by atoms with Gasteiger partial charge in [0, 0.05) is 37.4 Å². The normalized spacial score (nSPS) is 16.6. The molecule has 39 heavy (non-hydrogen) atoms. The zero-order chi connectivity index (χ0) is 27.4. The summed E-state index contributed by atoms with van der Waals surface area (Å²) in [5.74, 6) is 0.0574. The Morgan fingerprint density at radius 2 is 1.54 bits per heavy atom. The van der Waals surface area contributed by atoms with Gasteiger partial charge in [-0.1, -0.05) is 54.2 Å². The third kappa shape index (κ3) is 5.96. The highest BCUT2D eigenvalue weighted by Crippen LogP contribution is 2.30. The number of amidine groups is 1. The Labute approximate surface area is 232 Å². The molecule has 2 aliphatic rings. The first-order valence-corrected chi connectivity index (χ1v) is 13.9. The summed E-state index contributed by atoms with van der Waals surface area (Å²) in [6, 6.07) is 24.9. The van der Waals surface area contributed by atoms with Crippen LogP contribution in [0.3, 0.4) is 0 Å². The summed E-state index contributed by atoms with van der Waals surface area (Å²) in [5.41, 5.74) is 4.82. The molecule has 3 aromatic rings. The molecule has 7 nitrogen and oxygen atoms in total. The van der Waals surface area contributed by atoms with Crippen LogP contribution in [0.2, 0.25) is 0 Å². The lowest BCUT2D eigenvalue weighted by atomic mass is 10.1. The summed E-state index contributed by atoms with van der Waals surface area (Å²) in [6.07, 6.45) is 1.81. The smallest absolute Gasteiger partial charge is 0.283 e. The Kier molecular flexibility index (Phi) is 7.93. The Balaban J connectivity index is 1.25. The first-order valence-electron chi connectivity index (χ1n) is 12.9. The minimum Gasteiger partial charge on any atom is -0.368 e. The topological polar surface area (TPSA) is 73.3 Å². The predicted molar refractivity (Wildman–Crippen MR) is 158 cm³/mol. The fourth-order valence-corrected chi connectivity index (χ4v) is 5.55. The van der Waals surface area contributed by atoms with Crippen molar-refractivity contribution in [2.75, 3.05) is 41.7 Å². The van der Waals surface area contributed by atoms with Crippen molar-refractivity contribution in [3.05, 3.63) is 101 Å². The van der Waals surface area contributed by atoms with Crippen LogP contribution in [0.5, 0.6) is 0 Å². The third-order valence-corrected chi connectivity index (χ3v) is 7.84. The van der Waals surface area contributed by atoms with Crippen molar-refractivity contribution in [1.82, 2.24) is 4.90 Å². The second-order valence-corrected chi connectivity index (χ2v) is 10.5. The number of aliphatic imine (C=N–C) groups is 1. The van der Waals surface area contributed by atoms with Gasteiger partial charge in [0.05, 0.1) is 11.4 Å². The van der Waals surface area contributed by atoms with Crippen molar-refractivity contribution < 1.29 is 14.4 Å². The maximum Gasteiger partial charge on any atom is 0.283 e. The first-order chi connectivity index (χ1) is 18.9. The van der Waals surface area contributed by atoms with E-state index in [0.29, 0.717) is 42.6 Å². The third-order valence-electron chi connectivity index (χ3n) is 6.92. The first kappa shape index (κ1) is 26.4. The van der Waals surface area contributed by atoms with E-state index in [9.17, 15) is 14.4 Å². The Morgan fingerprint density at radius 3 is 2.21 bits per heavy atom. The van der Waals surface area contributed by atoms with Crippen LogP contribution in [0.4, 0.5) is 11.4 Å². The number of Topliss-reactive ketones (excluding diaryl/α,β-unsaturated/α-hetero) is 1. The number of aryl methyl sites for hydroxylation is 1. The number of nitrogens with zero attached hydrogens (tertiary/aromatic N) is 4. The van der Waals surface area contributed by atoms with Gasteiger partial charge in [0.2, 0.25) is 5.91 Å². The number of hydrogen-bond acceptors (Lipinski definition) is 6. The Hall–Kier alpha value is -4.17. The van der Waals surface area contributed by atoms with E-state index in [1.807, 2.05) is 96.8 Å². The van der Waals surface area contributed by atoms with E-state index < -0.39 is 0 Å². The summed E-state index contributed by atoms with van der Waals surface area (Å²) < 4.78 is 0. The van der Waals surface area contributed by atoms with Crippen molar-refractivity contribution in [2.24, 2.45) is 4.99 Å². The van der Waals surface area contributed by atoms with Crippen molar-refractivity contribution in [1.29, 1.82) is 0 Å². The number of thioether (sulfide) groups is 1. The number of para-hydroxylation sites is 1. The highest BCUT2D eigenvalue weighted by Gasteiger charge is 2.33. The summed E-state index contributed by atoms with van der Waals surface area (Å²) in [6.45, 7) is 6.22. The average molecular weight is 539 g/mol. The maximum atomic E-state index is 13.4. The molecule has 1 fully saturated rings. The van der Waals surface area contributed by atoms with E-state index in [2.05, 4.69) is 9.89 Å². The van der Waals surface area contributed by atoms with E-state index in [-0.39, 0.29) is 23.4 Å². The van der Waals surface area contributed by atoms with Crippen LogP contribution >= 0.6 is 11.8 Å². The summed E-state index contributed by atoms with van der Waals surface area (Å²) in [4.78, 5) is 48.4. The monoisotopic (exact) mass is 538 g/mol. The van der Waals surface area contributed by atoms with E-state index >= 15 is 0 Å².